The number of para-hydroxylation sites is 1. The van der Waals surface area contributed by atoms with Gasteiger partial charge in [-0.25, -0.2) is 0 Å². The molecule has 2 rings (SSSR count). The summed E-state index contributed by atoms with van der Waals surface area (Å²) in [4.78, 5) is 10.5. The zero-order valence-corrected chi connectivity index (χ0v) is 11.1. The Morgan fingerprint density at radius 2 is 1.75 bits per heavy atom. The van der Waals surface area contributed by atoms with E-state index in [0.717, 1.165) is 11.1 Å². The summed E-state index contributed by atoms with van der Waals surface area (Å²) in [5.41, 5.74) is 2.86. The van der Waals surface area contributed by atoms with Gasteiger partial charge in [-0.1, -0.05) is 55.1 Å². The third kappa shape index (κ3) is 3.52. The minimum absolute atomic E-state index is 0.144. The molecule has 0 spiro atoms. The third-order valence-electron chi connectivity index (χ3n) is 3.02. The number of rotatable bonds is 6. The molecule has 0 heterocycles. The molecule has 0 radical (unpaired) electrons. The molecule has 0 aliphatic carbocycles. The second-order valence-electron chi connectivity index (χ2n) is 4.46. The highest BCUT2D eigenvalue weighted by atomic mass is 16.6. The first-order chi connectivity index (χ1) is 9.68. The zero-order valence-electron chi connectivity index (χ0n) is 11.1. The topological polar surface area (TPSA) is 55.2 Å². The monoisotopic (exact) mass is 268 g/mol. The van der Waals surface area contributed by atoms with Crippen molar-refractivity contribution in [3.8, 4) is 0 Å². The normalized spacial score (nSPS) is 10.2. The Hall–Kier alpha value is -2.46. The fourth-order valence-electron chi connectivity index (χ4n) is 1.96. The molecule has 0 aliphatic heterocycles. The highest BCUT2D eigenvalue weighted by Crippen LogP contribution is 2.17. The number of hydrogen-bond donors (Lipinski definition) is 1. The lowest BCUT2D eigenvalue weighted by Crippen LogP contribution is -2.16. The first-order valence-corrected chi connectivity index (χ1v) is 6.34. The van der Waals surface area contributed by atoms with E-state index in [1.54, 1.807) is 18.2 Å². The van der Waals surface area contributed by atoms with Gasteiger partial charge in [0.2, 0.25) is 0 Å². The summed E-state index contributed by atoms with van der Waals surface area (Å²) in [5, 5.41) is 14.1. The largest absolute Gasteiger partial charge is 0.308 e. The van der Waals surface area contributed by atoms with Gasteiger partial charge in [0, 0.05) is 24.7 Å². The predicted molar refractivity (Wildman–Crippen MR) is 80.3 cm³/mol. The van der Waals surface area contributed by atoms with Crippen molar-refractivity contribution < 1.29 is 4.92 Å². The zero-order chi connectivity index (χ0) is 14.4. The van der Waals surface area contributed by atoms with Crippen LogP contribution in [0.5, 0.6) is 0 Å². The van der Waals surface area contributed by atoms with Crippen LogP contribution in [0.3, 0.4) is 0 Å². The SMILES string of the molecule is C=C(CNCc1ccccc1[N+](=O)[O-])c1ccccc1. The summed E-state index contributed by atoms with van der Waals surface area (Å²) in [6.07, 6.45) is 0. The number of nitro groups is 1. The summed E-state index contributed by atoms with van der Waals surface area (Å²) in [6, 6.07) is 16.6. The van der Waals surface area contributed by atoms with Crippen molar-refractivity contribution in [3.05, 3.63) is 82.4 Å². The molecule has 4 nitrogen and oxygen atoms in total. The van der Waals surface area contributed by atoms with Crippen LogP contribution in [0, 0.1) is 10.1 Å². The van der Waals surface area contributed by atoms with Crippen molar-refractivity contribution in [1.82, 2.24) is 5.32 Å². The van der Waals surface area contributed by atoms with E-state index >= 15 is 0 Å². The number of nitro benzene ring substituents is 1. The molecule has 0 unspecified atom stereocenters. The molecule has 0 atom stereocenters. The summed E-state index contributed by atoms with van der Waals surface area (Å²) in [7, 11) is 0. The molecule has 1 N–H and O–H groups in total. The van der Waals surface area contributed by atoms with Gasteiger partial charge in [0.05, 0.1) is 4.92 Å². The molecule has 0 fully saturated rings. The van der Waals surface area contributed by atoms with Gasteiger partial charge < -0.3 is 5.32 Å². The molecule has 4 heteroatoms. The van der Waals surface area contributed by atoms with E-state index in [1.807, 2.05) is 30.3 Å². The van der Waals surface area contributed by atoms with Gasteiger partial charge >= 0.3 is 0 Å². The van der Waals surface area contributed by atoms with Crippen molar-refractivity contribution in [2.75, 3.05) is 6.54 Å². The van der Waals surface area contributed by atoms with Crippen molar-refractivity contribution in [3.63, 3.8) is 0 Å². The molecule has 0 saturated carbocycles. The molecule has 0 aliphatic rings. The van der Waals surface area contributed by atoms with Crippen molar-refractivity contribution in [2.45, 2.75) is 6.54 Å². The predicted octanol–water partition coefficient (Wildman–Crippen LogP) is 3.40. The highest BCUT2D eigenvalue weighted by molar-refractivity contribution is 5.64. The molecular weight excluding hydrogens is 252 g/mol. The molecule has 0 saturated heterocycles. The van der Waals surface area contributed by atoms with E-state index in [2.05, 4.69) is 11.9 Å². The van der Waals surface area contributed by atoms with Gasteiger partial charge in [-0.2, -0.15) is 0 Å². The molecular formula is C16H16N2O2. The molecule has 2 aromatic carbocycles. The maximum atomic E-state index is 10.9. The van der Waals surface area contributed by atoms with Gasteiger partial charge in [-0.15, -0.1) is 0 Å². The van der Waals surface area contributed by atoms with E-state index in [9.17, 15) is 10.1 Å². The van der Waals surface area contributed by atoms with Crippen molar-refractivity contribution in [1.29, 1.82) is 0 Å². The Balaban J connectivity index is 1.94. The van der Waals surface area contributed by atoms with Crippen molar-refractivity contribution >= 4 is 11.3 Å². The second kappa shape index (κ2) is 6.63. The van der Waals surface area contributed by atoms with E-state index in [1.165, 1.54) is 6.07 Å². The Morgan fingerprint density at radius 3 is 2.45 bits per heavy atom. The summed E-state index contributed by atoms with van der Waals surface area (Å²) in [6.45, 7) is 5.06. The van der Waals surface area contributed by atoms with E-state index in [0.29, 0.717) is 18.7 Å². The van der Waals surface area contributed by atoms with E-state index in [4.69, 9.17) is 0 Å². The van der Waals surface area contributed by atoms with Crippen LogP contribution in [-0.4, -0.2) is 11.5 Å². The maximum Gasteiger partial charge on any atom is 0.273 e. The van der Waals surface area contributed by atoms with Crippen LogP contribution in [0.1, 0.15) is 11.1 Å². The maximum absolute atomic E-state index is 10.9. The van der Waals surface area contributed by atoms with Gasteiger partial charge in [-0.05, 0) is 11.1 Å². The molecule has 0 bridgehead atoms. The first kappa shape index (κ1) is 14.0. The van der Waals surface area contributed by atoms with Crippen LogP contribution in [-0.2, 0) is 6.54 Å². The quantitative estimate of drug-likeness (QED) is 0.645. The van der Waals surface area contributed by atoms with Gasteiger partial charge in [-0.3, -0.25) is 10.1 Å². The molecule has 0 amide bonds. The Kier molecular flexibility index (Phi) is 4.63. The first-order valence-electron chi connectivity index (χ1n) is 6.34. The average molecular weight is 268 g/mol. The Morgan fingerprint density at radius 1 is 1.10 bits per heavy atom. The summed E-state index contributed by atoms with van der Waals surface area (Å²) >= 11 is 0. The Labute approximate surface area is 117 Å². The lowest BCUT2D eigenvalue weighted by molar-refractivity contribution is -0.385. The number of hydrogen-bond acceptors (Lipinski definition) is 3. The van der Waals surface area contributed by atoms with Crippen LogP contribution in [0.2, 0.25) is 0 Å². The van der Waals surface area contributed by atoms with Crippen LogP contribution in [0.15, 0.2) is 61.2 Å². The average Bonchev–Trinajstić information content (AvgIpc) is 2.48. The van der Waals surface area contributed by atoms with Gasteiger partial charge in [0.15, 0.2) is 0 Å². The number of nitrogens with one attached hydrogen (secondary N) is 1. The smallest absolute Gasteiger partial charge is 0.273 e. The minimum atomic E-state index is -0.358. The fraction of sp³-hybridized carbons (Fsp3) is 0.125. The lowest BCUT2D eigenvalue weighted by atomic mass is 10.1. The van der Waals surface area contributed by atoms with Crippen molar-refractivity contribution in [2.24, 2.45) is 0 Å². The highest BCUT2D eigenvalue weighted by Gasteiger charge is 2.11. The minimum Gasteiger partial charge on any atom is -0.308 e. The standard InChI is InChI=1S/C16H16N2O2/c1-13(14-7-3-2-4-8-14)11-17-12-15-9-5-6-10-16(15)18(19)20/h2-10,17H,1,11-12H2. The third-order valence-corrected chi connectivity index (χ3v) is 3.02. The van der Waals surface area contributed by atoms with Crippen LogP contribution in [0.4, 0.5) is 5.69 Å². The van der Waals surface area contributed by atoms with Crippen LogP contribution < -0.4 is 5.32 Å². The fourth-order valence-corrected chi connectivity index (χ4v) is 1.96. The van der Waals surface area contributed by atoms with Gasteiger partial charge in [0.25, 0.3) is 5.69 Å². The summed E-state index contributed by atoms with van der Waals surface area (Å²) in [5.74, 6) is 0. The van der Waals surface area contributed by atoms with E-state index in [-0.39, 0.29) is 10.6 Å². The molecule has 20 heavy (non-hydrogen) atoms. The molecule has 0 aromatic heterocycles. The number of nitrogens with zero attached hydrogens (tertiary/aromatic N) is 1. The van der Waals surface area contributed by atoms with Crippen LogP contribution >= 0.6 is 0 Å². The summed E-state index contributed by atoms with van der Waals surface area (Å²) < 4.78 is 0. The second-order valence-corrected chi connectivity index (χ2v) is 4.46. The van der Waals surface area contributed by atoms with E-state index < -0.39 is 0 Å². The molecule has 2 aromatic rings. The Bertz CT molecular complexity index is 609. The lowest BCUT2D eigenvalue weighted by Gasteiger charge is -2.08. The molecule has 102 valence electrons. The number of benzene rings is 2. The van der Waals surface area contributed by atoms with Crippen LogP contribution in [0.25, 0.3) is 5.57 Å². The van der Waals surface area contributed by atoms with Gasteiger partial charge in [0.1, 0.15) is 0 Å².